The quantitative estimate of drug-likeness (QED) is 0.861. The van der Waals surface area contributed by atoms with Gasteiger partial charge < -0.3 is 10.6 Å². The van der Waals surface area contributed by atoms with Crippen LogP contribution >= 0.6 is 23.4 Å². The van der Waals surface area contributed by atoms with Gasteiger partial charge in [0, 0.05) is 16.5 Å². The predicted octanol–water partition coefficient (Wildman–Crippen LogP) is 2.74. The summed E-state index contributed by atoms with van der Waals surface area (Å²) in [7, 11) is 0. The van der Waals surface area contributed by atoms with Gasteiger partial charge in [0.15, 0.2) is 5.96 Å². The van der Waals surface area contributed by atoms with E-state index in [1.165, 1.54) is 12.2 Å². The van der Waals surface area contributed by atoms with E-state index in [0.717, 1.165) is 29.4 Å². The lowest BCUT2D eigenvalue weighted by Crippen LogP contribution is -2.55. The van der Waals surface area contributed by atoms with Crippen molar-refractivity contribution < 1.29 is 0 Å². The minimum atomic E-state index is 0.0671. The smallest absolute Gasteiger partial charge is 0.196 e. The van der Waals surface area contributed by atoms with Crippen molar-refractivity contribution in [1.82, 2.24) is 0 Å². The van der Waals surface area contributed by atoms with Crippen molar-refractivity contribution in [2.45, 2.75) is 18.4 Å². The van der Waals surface area contributed by atoms with Gasteiger partial charge in [-0.25, -0.2) is 0 Å². The van der Waals surface area contributed by atoms with Crippen molar-refractivity contribution >= 4 is 35.0 Å². The first-order valence-electron chi connectivity index (χ1n) is 6.15. The molecule has 1 fully saturated rings. The Kier molecular flexibility index (Phi) is 3.16. The second-order valence-electron chi connectivity index (χ2n) is 4.87. The fourth-order valence-electron chi connectivity index (χ4n) is 2.77. The maximum atomic E-state index is 6.09. The molecule has 1 saturated heterocycles. The summed E-state index contributed by atoms with van der Waals surface area (Å²) in [4.78, 5) is 6.65. The summed E-state index contributed by atoms with van der Waals surface area (Å²) >= 11 is 8.08. The Balaban J connectivity index is 1.98. The number of guanidine groups is 1. The molecule has 18 heavy (non-hydrogen) atoms. The molecule has 0 aromatic heterocycles. The monoisotopic (exact) mass is 281 g/mol. The molecule has 0 amide bonds. The Morgan fingerprint density at radius 3 is 3.06 bits per heavy atom. The number of hydrogen-bond donors (Lipinski definition) is 1. The maximum Gasteiger partial charge on any atom is 0.196 e. The van der Waals surface area contributed by atoms with E-state index in [1.54, 1.807) is 0 Å². The fraction of sp³-hybridized carbons (Fsp3) is 0.462. The molecule has 1 unspecified atom stereocenters. The van der Waals surface area contributed by atoms with Gasteiger partial charge in [-0.3, -0.25) is 4.99 Å². The van der Waals surface area contributed by atoms with Gasteiger partial charge in [-0.05, 0) is 36.8 Å². The van der Waals surface area contributed by atoms with Crippen LogP contribution in [-0.4, -0.2) is 29.5 Å². The molecule has 0 bridgehead atoms. The van der Waals surface area contributed by atoms with Crippen LogP contribution in [-0.2, 0) is 0 Å². The molecule has 0 saturated carbocycles. The second kappa shape index (κ2) is 4.67. The van der Waals surface area contributed by atoms with Crippen LogP contribution in [0, 0.1) is 0 Å². The molecule has 0 aliphatic carbocycles. The number of hydrogen-bond acceptors (Lipinski definition) is 4. The highest BCUT2D eigenvalue weighted by Crippen LogP contribution is 2.38. The van der Waals surface area contributed by atoms with Crippen LogP contribution in [0.3, 0.4) is 0 Å². The van der Waals surface area contributed by atoms with Crippen LogP contribution < -0.4 is 10.6 Å². The molecule has 1 aromatic rings. The summed E-state index contributed by atoms with van der Waals surface area (Å²) in [6.45, 7) is 0.804. The Morgan fingerprint density at radius 1 is 1.44 bits per heavy atom. The van der Waals surface area contributed by atoms with E-state index in [0.29, 0.717) is 5.96 Å². The molecule has 1 atom stereocenters. The molecule has 5 heteroatoms. The number of nitrogens with two attached hydrogens (primary N) is 1. The predicted molar refractivity (Wildman–Crippen MR) is 79.7 cm³/mol. The third-order valence-electron chi connectivity index (χ3n) is 3.61. The average molecular weight is 282 g/mol. The van der Waals surface area contributed by atoms with Crippen LogP contribution in [0.2, 0.25) is 5.02 Å². The number of benzene rings is 1. The molecular weight excluding hydrogens is 266 g/mol. The number of halogens is 1. The second-order valence-corrected chi connectivity index (χ2v) is 6.41. The van der Waals surface area contributed by atoms with E-state index in [4.69, 9.17) is 17.3 Å². The van der Waals surface area contributed by atoms with Gasteiger partial charge in [0.2, 0.25) is 0 Å². The van der Waals surface area contributed by atoms with Crippen molar-refractivity contribution in [2.24, 2.45) is 10.7 Å². The minimum absolute atomic E-state index is 0.0671. The molecule has 1 spiro atoms. The molecule has 3 nitrogen and oxygen atoms in total. The first-order valence-corrected chi connectivity index (χ1v) is 7.68. The van der Waals surface area contributed by atoms with Crippen molar-refractivity contribution in [1.29, 1.82) is 0 Å². The van der Waals surface area contributed by atoms with Gasteiger partial charge in [-0.15, -0.1) is 0 Å². The molecule has 2 aliphatic rings. The van der Waals surface area contributed by atoms with E-state index >= 15 is 0 Å². The zero-order chi connectivity index (χ0) is 12.6. The third kappa shape index (κ3) is 1.97. The molecule has 2 heterocycles. The zero-order valence-electron chi connectivity index (χ0n) is 10.1. The average Bonchev–Trinajstić information content (AvgIpc) is 2.67. The van der Waals surface area contributed by atoms with Crippen LogP contribution in [0.5, 0.6) is 0 Å². The summed E-state index contributed by atoms with van der Waals surface area (Å²) in [6.07, 6.45) is 2.38. The zero-order valence-corrected chi connectivity index (χ0v) is 11.7. The Bertz CT molecular complexity index is 483. The number of aliphatic imine (C=N–C) groups is 1. The summed E-state index contributed by atoms with van der Waals surface area (Å²) in [5.41, 5.74) is 7.22. The highest BCUT2D eigenvalue weighted by Gasteiger charge is 2.44. The summed E-state index contributed by atoms with van der Waals surface area (Å²) in [6, 6.07) is 7.88. The molecule has 2 N–H and O–H groups in total. The van der Waals surface area contributed by atoms with Crippen molar-refractivity contribution in [3.63, 3.8) is 0 Å². The molecule has 96 valence electrons. The van der Waals surface area contributed by atoms with Gasteiger partial charge >= 0.3 is 0 Å². The molecule has 3 rings (SSSR count). The van der Waals surface area contributed by atoms with E-state index in [9.17, 15) is 0 Å². The lowest BCUT2D eigenvalue weighted by atomic mass is 9.94. The third-order valence-corrected chi connectivity index (χ3v) is 5.16. The Labute approximate surface area is 116 Å². The normalized spacial score (nSPS) is 27.6. The highest BCUT2D eigenvalue weighted by atomic mass is 35.5. The van der Waals surface area contributed by atoms with Gasteiger partial charge in [-0.2, -0.15) is 11.8 Å². The summed E-state index contributed by atoms with van der Waals surface area (Å²) in [5.74, 6) is 2.95. The van der Waals surface area contributed by atoms with E-state index in [1.807, 2.05) is 30.0 Å². The minimum Gasteiger partial charge on any atom is -0.369 e. The largest absolute Gasteiger partial charge is 0.369 e. The molecule has 1 aromatic carbocycles. The lowest BCUT2D eigenvalue weighted by Gasteiger charge is -2.41. The van der Waals surface area contributed by atoms with E-state index in [-0.39, 0.29) is 5.54 Å². The Morgan fingerprint density at radius 2 is 2.33 bits per heavy atom. The number of thioether (sulfide) groups is 1. The SMILES string of the molecule is NC1=NCC2(CCCSC2)N1c1cccc(Cl)c1. The standard InChI is InChI=1S/C13H16ClN3S/c14-10-3-1-4-11(7-10)17-12(15)16-8-13(17)5-2-6-18-9-13/h1,3-4,7H,2,5-6,8-9H2,(H2,15,16). The molecular formula is C13H16ClN3S. The van der Waals surface area contributed by atoms with Gasteiger partial charge in [-0.1, -0.05) is 17.7 Å². The van der Waals surface area contributed by atoms with Crippen molar-refractivity contribution in [3.8, 4) is 0 Å². The van der Waals surface area contributed by atoms with Crippen LogP contribution in [0.15, 0.2) is 29.3 Å². The molecule has 2 aliphatic heterocycles. The summed E-state index contributed by atoms with van der Waals surface area (Å²) in [5, 5.41) is 0.741. The maximum absolute atomic E-state index is 6.09. The fourth-order valence-corrected chi connectivity index (χ4v) is 4.19. The first kappa shape index (κ1) is 12.2. The van der Waals surface area contributed by atoms with Crippen LogP contribution in [0.25, 0.3) is 0 Å². The number of nitrogens with zero attached hydrogens (tertiary/aromatic N) is 2. The molecule has 0 radical (unpaired) electrons. The van der Waals surface area contributed by atoms with Crippen LogP contribution in [0.4, 0.5) is 5.69 Å². The highest BCUT2D eigenvalue weighted by molar-refractivity contribution is 7.99. The lowest BCUT2D eigenvalue weighted by molar-refractivity contribution is 0.457. The van der Waals surface area contributed by atoms with Gasteiger partial charge in [0.25, 0.3) is 0 Å². The van der Waals surface area contributed by atoms with Crippen LogP contribution in [0.1, 0.15) is 12.8 Å². The number of rotatable bonds is 1. The van der Waals surface area contributed by atoms with E-state index < -0.39 is 0 Å². The van der Waals surface area contributed by atoms with Crippen molar-refractivity contribution in [3.05, 3.63) is 29.3 Å². The first-order chi connectivity index (χ1) is 8.71. The Hall–Kier alpha value is -0.870. The van der Waals surface area contributed by atoms with Gasteiger partial charge in [0.1, 0.15) is 0 Å². The summed E-state index contributed by atoms with van der Waals surface area (Å²) < 4.78 is 0. The topological polar surface area (TPSA) is 41.6 Å². The number of anilines is 1. The van der Waals surface area contributed by atoms with Gasteiger partial charge in [0.05, 0.1) is 12.1 Å². The van der Waals surface area contributed by atoms with E-state index in [2.05, 4.69) is 16.0 Å². The van der Waals surface area contributed by atoms with Crippen molar-refractivity contribution in [2.75, 3.05) is 23.0 Å².